The molecule has 4 rings (SSSR count). The van der Waals surface area contributed by atoms with Gasteiger partial charge < -0.3 is 10.6 Å². The van der Waals surface area contributed by atoms with Gasteiger partial charge in [-0.25, -0.2) is 4.98 Å². The molecule has 0 saturated carbocycles. The van der Waals surface area contributed by atoms with E-state index >= 15 is 0 Å². The van der Waals surface area contributed by atoms with E-state index in [1.54, 1.807) is 12.4 Å². The molecule has 2 N–H and O–H groups in total. The fraction of sp³-hybridized carbons (Fsp3) is 0.286. The quantitative estimate of drug-likeness (QED) is 0.674. The summed E-state index contributed by atoms with van der Waals surface area (Å²) in [6.45, 7) is 2.75. The molecule has 0 aliphatic carbocycles. The molecule has 1 aliphatic heterocycles. The van der Waals surface area contributed by atoms with Crippen LogP contribution in [0.25, 0.3) is 22.2 Å². The normalized spacial score (nSPS) is 15.9. The number of fused-ring (bicyclic) bond motifs is 1. The summed E-state index contributed by atoms with van der Waals surface area (Å²) in [4.78, 5) is 21.7. The highest BCUT2D eigenvalue weighted by atomic mass is 35.5. The van der Waals surface area contributed by atoms with Crippen LogP contribution in [0, 0.1) is 5.92 Å². The zero-order valence-electron chi connectivity index (χ0n) is 15.4. The fourth-order valence-corrected chi connectivity index (χ4v) is 3.46. The number of rotatable bonds is 4. The van der Waals surface area contributed by atoms with Crippen molar-refractivity contribution >= 4 is 41.6 Å². The molecule has 0 spiro atoms. The lowest BCUT2D eigenvalue weighted by molar-refractivity contribution is 0.0946. The molecule has 3 aromatic rings. The Bertz CT molecular complexity index is 915. The van der Waals surface area contributed by atoms with Crippen molar-refractivity contribution in [3.8, 4) is 11.3 Å². The molecule has 1 fully saturated rings. The number of aromatic nitrogens is 2. The van der Waals surface area contributed by atoms with Crippen LogP contribution in [0.4, 0.5) is 0 Å². The number of hydrogen-bond acceptors (Lipinski definition) is 4. The van der Waals surface area contributed by atoms with Crippen molar-refractivity contribution in [3.05, 3.63) is 60.4 Å². The molecule has 1 amide bonds. The molecule has 1 unspecified atom stereocenters. The van der Waals surface area contributed by atoms with Gasteiger partial charge in [-0.3, -0.25) is 9.78 Å². The minimum absolute atomic E-state index is 0. The summed E-state index contributed by atoms with van der Waals surface area (Å²) in [5.74, 6) is 0.463. The van der Waals surface area contributed by atoms with Gasteiger partial charge in [0.05, 0.1) is 16.8 Å². The summed E-state index contributed by atoms with van der Waals surface area (Å²) in [5.41, 5.74) is 3.24. The lowest BCUT2D eigenvalue weighted by Gasteiger charge is -2.23. The van der Waals surface area contributed by atoms with Crippen LogP contribution in [0.1, 0.15) is 23.2 Å². The molecule has 1 atom stereocenters. The van der Waals surface area contributed by atoms with Crippen LogP contribution in [0.5, 0.6) is 0 Å². The highest BCUT2D eigenvalue weighted by molar-refractivity contribution is 6.07. The van der Waals surface area contributed by atoms with E-state index in [9.17, 15) is 4.79 Å². The molecule has 3 heterocycles. The Balaban J connectivity index is 0.00000140. The van der Waals surface area contributed by atoms with E-state index in [-0.39, 0.29) is 30.7 Å². The van der Waals surface area contributed by atoms with Crippen molar-refractivity contribution in [2.45, 2.75) is 12.8 Å². The number of amides is 1. The summed E-state index contributed by atoms with van der Waals surface area (Å²) in [6, 6.07) is 13.5. The summed E-state index contributed by atoms with van der Waals surface area (Å²) in [5, 5.41) is 7.39. The van der Waals surface area contributed by atoms with Gasteiger partial charge in [-0.15, -0.1) is 24.8 Å². The highest BCUT2D eigenvalue weighted by Crippen LogP contribution is 2.24. The minimum atomic E-state index is -0.0375. The molecular weight excluding hydrogens is 395 g/mol. The number of para-hydroxylation sites is 1. The number of nitrogens with zero attached hydrogens (tertiary/aromatic N) is 2. The average molecular weight is 419 g/mol. The molecular formula is C21H24Cl2N4O. The maximum Gasteiger partial charge on any atom is 0.252 e. The third-order valence-corrected chi connectivity index (χ3v) is 4.89. The number of piperidine rings is 1. The SMILES string of the molecule is Cl.Cl.O=C(NCC1CCCNC1)c1cc(-c2ccncc2)nc2ccccc12. The van der Waals surface area contributed by atoms with E-state index in [0.29, 0.717) is 18.0 Å². The van der Waals surface area contributed by atoms with E-state index in [1.807, 2.05) is 42.5 Å². The van der Waals surface area contributed by atoms with E-state index in [2.05, 4.69) is 15.6 Å². The van der Waals surface area contributed by atoms with Crippen LogP contribution < -0.4 is 10.6 Å². The lowest BCUT2D eigenvalue weighted by atomic mass is 9.99. The van der Waals surface area contributed by atoms with Crippen LogP contribution in [-0.2, 0) is 0 Å². The van der Waals surface area contributed by atoms with E-state index in [4.69, 9.17) is 4.98 Å². The van der Waals surface area contributed by atoms with Gasteiger partial charge in [-0.05, 0) is 56.1 Å². The summed E-state index contributed by atoms with van der Waals surface area (Å²) in [7, 11) is 0. The second kappa shape index (κ2) is 10.4. The molecule has 0 radical (unpaired) electrons. The predicted molar refractivity (Wildman–Crippen MR) is 117 cm³/mol. The van der Waals surface area contributed by atoms with E-state index in [0.717, 1.165) is 41.7 Å². The van der Waals surface area contributed by atoms with Gasteiger partial charge in [0, 0.05) is 29.9 Å². The van der Waals surface area contributed by atoms with Crippen molar-refractivity contribution in [2.75, 3.05) is 19.6 Å². The molecule has 7 heteroatoms. The molecule has 28 heavy (non-hydrogen) atoms. The van der Waals surface area contributed by atoms with Gasteiger partial charge in [0.25, 0.3) is 5.91 Å². The van der Waals surface area contributed by atoms with Crippen LogP contribution in [0.3, 0.4) is 0 Å². The fourth-order valence-electron chi connectivity index (χ4n) is 3.46. The third kappa shape index (κ3) is 4.98. The van der Waals surface area contributed by atoms with Crippen molar-refractivity contribution in [3.63, 3.8) is 0 Å². The Hall–Kier alpha value is -2.21. The number of carbonyl (C=O) groups is 1. The molecule has 1 saturated heterocycles. The number of pyridine rings is 2. The first-order chi connectivity index (χ1) is 12.8. The van der Waals surface area contributed by atoms with Crippen molar-refractivity contribution in [1.82, 2.24) is 20.6 Å². The first-order valence-corrected chi connectivity index (χ1v) is 9.10. The zero-order valence-corrected chi connectivity index (χ0v) is 17.1. The maximum atomic E-state index is 12.9. The first-order valence-electron chi connectivity index (χ1n) is 9.10. The average Bonchev–Trinajstić information content (AvgIpc) is 2.72. The molecule has 1 aliphatic rings. The van der Waals surface area contributed by atoms with Gasteiger partial charge in [0.2, 0.25) is 0 Å². The molecule has 5 nitrogen and oxygen atoms in total. The van der Waals surface area contributed by atoms with Crippen molar-refractivity contribution in [1.29, 1.82) is 0 Å². The summed E-state index contributed by atoms with van der Waals surface area (Å²) < 4.78 is 0. The van der Waals surface area contributed by atoms with Gasteiger partial charge in [0.1, 0.15) is 0 Å². The second-order valence-electron chi connectivity index (χ2n) is 6.73. The predicted octanol–water partition coefficient (Wildman–Crippen LogP) is 3.87. The standard InChI is InChI=1S/C21H22N4O.2ClH/c26-21(24-14-15-4-3-9-23-13-15)18-12-20(16-7-10-22-11-8-16)25-19-6-2-1-5-17(18)19;;/h1-2,5-8,10-12,15,23H,3-4,9,13-14H2,(H,24,26);2*1H. The Morgan fingerprint density at radius 1 is 1.14 bits per heavy atom. The van der Waals surface area contributed by atoms with Gasteiger partial charge in [0.15, 0.2) is 0 Å². The van der Waals surface area contributed by atoms with Crippen LogP contribution >= 0.6 is 24.8 Å². The van der Waals surface area contributed by atoms with Crippen LogP contribution in [0.15, 0.2) is 54.9 Å². The minimum Gasteiger partial charge on any atom is -0.352 e. The van der Waals surface area contributed by atoms with Crippen molar-refractivity contribution in [2.24, 2.45) is 5.92 Å². The smallest absolute Gasteiger partial charge is 0.252 e. The number of nitrogens with one attached hydrogen (secondary N) is 2. The Labute approximate surface area is 177 Å². The van der Waals surface area contributed by atoms with Gasteiger partial charge in [-0.2, -0.15) is 0 Å². The molecule has 148 valence electrons. The van der Waals surface area contributed by atoms with Crippen LogP contribution in [-0.4, -0.2) is 35.5 Å². The largest absolute Gasteiger partial charge is 0.352 e. The Morgan fingerprint density at radius 3 is 2.68 bits per heavy atom. The van der Waals surface area contributed by atoms with Crippen molar-refractivity contribution < 1.29 is 4.79 Å². The molecule has 0 bridgehead atoms. The third-order valence-electron chi connectivity index (χ3n) is 4.89. The van der Waals surface area contributed by atoms with E-state index in [1.165, 1.54) is 6.42 Å². The van der Waals surface area contributed by atoms with Gasteiger partial charge >= 0.3 is 0 Å². The summed E-state index contributed by atoms with van der Waals surface area (Å²) in [6.07, 6.45) is 5.81. The Morgan fingerprint density at radius 2 is 1.93 bits per heavy atom. The number of carbonyl (C=O) groups excluding carboxylic acids is 1. The number of halogens is 2. The second-order valence-corrected chi connectivity index (χ2v) is 6.73. The zero-order chi connectivity index (χ0) is 17.8. The number of hydrogen-bond donors (Lipinski definition) is 2. The highest BCUT2D eigenvalue weighted by Gasteiger charge is 2.17. The first kappa shape index (κ1) is 22.1. The molecule has 2 aromatic heterocycles. The van der Waals surface area contributed by atoms with E-state index < -0.39 is 0 Å². The summed E-state index contributed by atoms with van der Waals surface area (Å²) >= 11 is 0. The Kier molecular flexibility index (Phi) is 8.18. The monoisotopic (exact) mass is 418 g/mol. The molecule has 1 aromatic carbocycles. The topological polar surface area (TPSA) is 66.9 Å². The lowest BCUT2D eigenvalue weighted by Crippen LogP contribution is -2.38. The number of benzene rings is 1. The van der Waals surface area contributed by atoms with Crippen LogP contribution in [0.2, 0.25) is 0 Å². The maximum absolute atomic E-state index is 12.9. The van der Waals surface area contributed by atoms with Gasteiger partial charge in [-0.1, -0.05) is 18.2 Å².